The van der Waals surface area contributed by atoms with Gasteiger partial charge in [0.2, 0.25) is 6.79 Å². The van der Waals surface area contributed by atoms with E-state index in [2.05, 4.69) is 14.1 Å². The van der Waals surface area contributed by atoms with Crippen LogP contribution in [0.5, 0.6) is 11.5 Å². The van der Waals surface area contributed by atoms with Gasteiger partial charge in [0.15, 0.2) is 11.5 Å². The number of nitrogens with one attached hydrogen (secondary N) is 1. The lowest BCUT2D eigenvalue weighted by Crippen LogP contribution is -2.25. The number of amides is 1. The summed E-state index contributed by atoms with van der Waals surface area (Å²) in [5, 5.41) is 13.1. The van der Waals surface area contributed by atoms with Crippen LogP contribution in [0.25, 0.3) is 11.0 Å². The van der Waals surface area contributed by atoms with Gasteiger partial charge in [-0.1, -0.05) is 6.07 Å². The molecule has 7 nitrogen and oxygen atoms in total. The zero-order valence-electron chi connectivity index (χ0n) is 13.1. The molecule has 1 unspecified atom stereocenters. The summed E-state index contributed by atoms with van der Waals surface area (Å²) in [4.78, 5) is 12.2. The van der Waals surface area contributed by atoms with Crippen molar-refractivity contribution in [2.24, 2.45) is 0 Å². The highest BCUT2D eigenvalue weighted by molar-refractivity contribution is 7.00. The summed E-state index contributed by atoms with van der Waals surface area (Å²) < 4.78 is 18.8. The Bertz CT molecular complexity index is 927. The average molecular weight is 357 g/mol. The average Bonchev–Trinajstić information content (AvgIpc) is 3.28. The molecule has 0 saturated heterocycles. The fraction of sp³-hybridized carbons (Fsp3) is 0.235. The molecular weight excluding hydrogens is 342 g/mol. The SMILES string of the molecule is O=C(NCCC(O)c1ccc2c(c1)OCO2)c1ccc2nsnc2c1. The second kappa shape index (κ2) is 6.66. The normalized spacial score (nSPS) is 13.8. The molecule has 2 N–H and O–H groups in total. The Morgan fingerprint density at radius 3 is 2.92 bits per heavy atom. The number of carbonyl (C=O) groups is 1. The van der Waals surface area contributed by atoms with Crippen LogP contribution in [-0.2, 0) is 0 Å². The summed E-state index contributed by atoms with van der Waals surface area (Å²) in [5.74, 6) is 1.11. The second-order valence-corrected chi connectivity index (χ2v) is 6.17. The van der Waals surface area contributed by atoms with Crippen molar-refractivity contribution in [1.29, 1.82) is 0 Å². The number of carbonyl (C=O) groups excluding carboxylic acids is 1. The van der Waals surface area contributed by atoms with Crippen molar-refractivity contribution in [3.05, 3.63) is 47.5 Å². The Labute approximate surface area is 147 Å². The maximum absolute atomic E-state index is 12.2. The second-order valence-electron chi connectivity index (χ2n) is 5.64. The molecule has 1 amide bonds. The largest absolute Gasteiger partial charge is 0.454 e. The molecule has 1 atom stereocenters. The Balaban J connectivity index is 1.34. The predicted octanol–water partition coefficient (Wildman–Crippen LogP) is 2.27. The van der Waals surface area contributed by atoms with E-state index in [0.717, 1.165) is 22.8 Å². The first-order chi connectivity index (χ1) is 12.2. The minimum absolute atomic E-state index is 0.198. The van der Waals surface area contributed by atoms with E-state index in [0.29, 0.717) is 35.5 Å². The van der Waals surface area contributed by atoms with Gasteiger partial charge in [0.05, 0.1) is 17.8 Å². The van der Waals surface area contributed by atoms with Gasteiger partial charge in [0, 0.05) is 12.1 Å². The molecule has 128 valence electrons. The Kier molecular flexibility index (Phi) is 4.21. The van der Waals surface area contributed by atoms with Gasteiger partial charge in [-0.25, -0.2) is 0 Å². The summed E-state index contributed by atoms with van der Waals surface area (Å²) >= 11 is 1.12. The van der Waals surface area contributed by atoms with Crippen LogP contribution in [0.3, 0.4) is 0 Å². The van der Waals surface area contributed by atoms with Crippen LogP contribution < -0.4 is 14.8 Å². The Morgan fingerprint density at radius 1 is 1.16 bits per heavy atom. The van der Waals surface area contributed by atoms with E-state index < -0.39 is 6.10 Å². The predicted molar refractivity (Wildman–Crippen MR) is 91.9 cm³/mol. The molecule has 0 spiro atoms. The van der Waals surface area contributed by atoms with E-state index in [1.807, 2.05) is 0 Å². The lowest BCUT2D eigenvalue weighted by atomic mass is 10.1. The van der Waals surface area contributed by atoms with Gasteiger partial charge in [-0.2, -0.15) is 8.75 Å². The molecule has 2 aromatic carbocycles. The van der Waals surface area contributed by atoms with Gasteiger partial charge in [-0.3, -0.25) is 4.79 Å². The number of aliphatic hydroxyl groups excluding tert-OH is 1. The highest BCUT2D eigenvalue weighted by atomic mass is 32.1. The molecule has 2 heterocycles. The van der Waals surface area contributed by atoms with Crippen molar-refractivity contribution in [3.63, 3.8) is 0 Å². The third kappa shape index (κ3) is 3.26. The van der Waals surface area contributed by atoms with Crippen LogP contribution in [0.1, 0.15) is 28.4 Å². The monoisotopic (exact) mass is 357 g/mol. The minimum Gasteiger partial charge on any atom is -0.454 e. The first-order valence-corrected chi connectivity index (χ1v) is 8.52. The Hall–Kier alpha value is -2.71. The number of rotatable bonds is 5. The summed E-state index contributed by atoms with van der Waals surface area (Å²) in [6, 6.07) is 10.5. The van der Waals surface area contributed by atoms with E-state index in [4.69, 9.17) is 9.47 Å². The molecule has 1 aliphatic rings. The van der Waals surface area contributed by atoms with Crippen molar-refractivity contribution < 1.29 is 19.4 Å². The van der Waals surface area contributed by atoms with Gasteiger partial charge in [0.1, 0.15) is 11.0 Å². The Morgan fingerprint density at radius 2 is 2.00 bits per heavy atom. The summed E-state index contributed by atoms with van der Waals surface area (Å²) in [7, 11) is 0. The first-order valence-electron chi connectivity index (χ1n) is 7.79. The molecule has 0 aliphatic carbocycles. The standard InChI is InChI=1S/C17H15N3O4S/c21-14(10-2-4-15-16(8-10)24-9-23-15)5-6-18-17(22)11-1-3-12-13(7-11)20-25-19-12/h1-4,7-8,14,21H,5-6,9H2,(H,18,22). The highest BCUT2D eigenvalue weighted by Gasteiger charge is 2.17. The van der Waals surface area contributed by atoms with Crippen molar-refractivity contribution >= 4 is 28.7 Å². The third-order valence-electron chi connectivity index (χ3n) is 4.00. The van der Waals surface area contributed by atoms with E-state index >= 15 is 0 Å². The van der Waals surface area contributed by atoms with Crippen LogP contribution in [0, 0.1) is 0 Å². The zero-order chi connectivity index (χ0) is 17.2. The fourth-order valence-corrected chi connectivity index (χ4v) is 3.15. The summed E-state index contributed by atoms with van der Waals surface area (Å²) in [6.45, 7) is 0.547. The number of hydrogen-bond acceptors (Lipinski definition) is 7. The van der Waals surface area contributed by atoms with Crippen molar-refractivity contribution in [1.82, 2.24) is 14.1 Å². The van der Waals surface area contributed by atoms with Crippen molar-refractivity contribution in [3.8, 4) is 11.5 Å². The van der Waals surface area contributed by atoms with Crippen LogP contribution in [0.2, 0.25) is 0 Å². The number of hydrogen-bond donors (Lipinski definition) is 2. The lowest BCUT2D eigenvalue weighted by Gasteiger charge is -2.12. The van der Waals surface area contributed by atoms with Gasteiger partial charge >= 0.3 is 0 Å². The van der Waals surface area contributed by atoms with Crippen LogP contribution in [0.4, 0.5) is 0 Å². The number of fused-ring (bicyclic) bond motifs is 2. The molecular formula is C17H15N3O4S. The molecule has 0 bridgehead atoms. The van der Waals surface area contributed by atoms with E-state index in [-0.39, 0.29) is 12.7 Å². The topological polar surface area (TPSA) is 93.6 Å². The maximum Gasteiger partial charge on any atom is 0.251 e. The highest BCUT2D eigenvalue weighted by Crippen LogP contribution is 2.34. The van der Waals surface area contributed by atoms with E-state index in [1.54, 1.807) is 36.4 Å². The summed E-state index contributed by atoms with van der Waals surface area (Å²) in [6.07, 6.45) is -0.300. The molecule has 1 aliphatic heterocycles. The maximum atomic E-state index is 12.2. The van der Waals surface area contributed by atoms with Gasteiger partial charge < -0.3 is 19.9 Å². The smallest absolute Gasteiger partial charge is 0.251 e. The molecule has 4 rings (SSSR count). The van der Waals surface area contributed by atoms with Gasteiger partial charge in [-0.05, 0) is 42.3 Å². The van der Waals surface area contributed by atoms with Crippen LogP contribution in [0.15, 0.2) is 36.4 Å². The minimum atomic E-state index is -0.694. The first kappa shape index (κ1) is 15.8. The lowest BCUT2D eigenvalue weighted by molar-refractivity contribution is 0.0942. The molecule has 0 saturated carbocycles. The van der Waals surface area contributed by atoms with E-state index in [9.17, 15) is 9.90 Å². The number of ether oxygens (including phenoxy) is 2. The third-order valence-corrected chi connectivity index (χ3v) is 4.56. The molecule has 25 heavy (non-hydrogen) atoms. The van der Waals surface area contributed by atoms with Crippen molar-refractivity contribution in [2.75, 3.05) is 13.3 Å². The quantitative estimate of drug-likeness (QED) is 0.728. The molecule has 1 aromatic heterocycles. The van der Waals surface area contributed by atoms with Crippen molar-refractivity contribution in [2.45, 2.75) is 12.5 Å². The number of benzene rings is 2. The molecule has 0 fully saturated rings. The van der Waals surface area contributed by atoms with Gasteiger partial charge in [0.25, 0.3) is 5.91 Å². The number of nitrogens with zero attached hydrogens (tertiary/aromatic N) is 2. The summed E-state index contributed by atoms with van der Waals surface area (Å²) in [5.41, 5.74) is 2.74. The fourth-order valence-electron chi connectivity index (χ4n) is 2.63. The van der Waals surface area contributed by atoms with Crippen LogP contribution >= 0.6 is 11.7 Å². The molecule has 8 heteroatoms. The van der Waals surface area contributed by atoms with Crippen LogP contribution in [-0.4, -0.2) is 33.1 Å². The molecule has 0 radical (unpaired) electrons. The van der Waals surface area contributed by atoms with E-state index in [1.165, 1.54) is 0 Å². The zero-order valence-corrected chi connectivity index (χ0v) is 14.0. The number of aliphatic hydroxyl groups is 1. The molecule has 3 aromatic rings. The van der Waals surface area contributed by atoms with Gasteiger partial charge in [-0.15, -0.1) is 0 Å². The number of aromatic nitrogens is 2.